The largest absolute Gasteiger partial charge is 0.354 e. The molecule has 2 aliphatic carbocycles. The fourth-order valence-electron chi connectivity index (χ4n) is 5.33. The van der Waals surface area contributed by atoms with Gasteiger partial charge in [-0.2, -0.15) is 0 Å². The third-order valence-electron chi connectivity index (χ3n) is 7.39. The lowest BCUT2D eigenvalue weighted by Crippen LogP contribution is -2.15. The van der Waals surface area contributed by atoms with Gasteiger partial charge in [-0.3, -0.25) is 9.98 Å². The topological polar surface area (TPSA) is 34.6 Å². The van der Waals surface area contributed by atoms with Crippen LogP contribution in [0.1, 0.15) is 96.3 Å². The smallest absolute Gasteiger partial charge is 0.0606 e. The maximum atomic E-state index is 4.92. The van der Waals surface area contributed by atoms with E-state index in [1.807, 2.05) is 0 Å². The van der Waals surface area contributed by atoms with Crippen LogP contribution in [-0.4, -0.2) is 21.2 Å². The maximum Gasteiger partial charge on any atom is 0.0606 e. The second-order valence-corrected chi connectivity index (χ2v) is 10.2. The molecule has 180 valence electrons. The van der Waals surface area contributed by atoms with Crippen LogP contribution in [0.5, 0.6) is 0 Å². The van der Waals surface area contributed by atoms with Gasteiger partial charge in [0.2, 0.25) is 0 Å². The van der Waals surface area contributed by atoms with Crippen molar-refractivity contribution < 1.29 is 0 Å². The first kappa shape index (κ1) is 24.0. The summed E-state index contributed by atoms with van der Waals surface area (Å²) in [5, 5.41) is 2.32. The number of pyridine rings is 2. The highest BCUT2D eigenvalue weighted by molar-refractivity contribution is 4.95. The summed E-state index contributed by atoms with van der Waals surface area (Å²) in [6.07, 6.45) is 28.6. The van der Waals surface area contributed by atoms with Crippen molar-refractivity contribution >= 4 is 0 Å². The molecule has 2 aliphatic rings. The van der Waals surface area contributed by atoms with Gasteiger partial charge in [0, 0.05) is 37.9 Å². The van der Waals surface area contributed by atoms with E-state index in [0.717, 1.165) is 23.8 Å². The summed E-state index contributed by atoms with van der Waals surface area (Å²) in [5.74, 6) is 0. The molecule has 4 rings (SSSR count). The average molecular weight is 449 g/mol. The van der Waals surface area contributed by atoms with E-state index in [-0.39, 0.29) is 0 Å². The summed E-state index contributed by atoms with van der Waals surface area (Å²) in [6.45, 7) is 2.23. The molecule has 2 heterocycles. The van der Waals surface area contributed by atoms with Crippen molar-refractivity contribution in [3.8, 4) is 0 Å². The normalized spacial score (nSPS) is 17.7. The number of aryl methyl sites for hydroxylation is 2. The highest BCUT2D eigenvalue weighted by Crippen LogP contribution is 2.20. The second kappa shape index (κ2) is 13.6. The molecule has 0 amide bonds. The zero-order valence-electron chi connectivity index (χ0n) is 20.6. The summed E-state index contributed by atoms with van der Waals surface area (Å²) < 4.78 is 4.63. The molecule has 2 aromatic rings. The molecule has 0 unspecified atom stereocenters. The third kappa shape index (κ3) is 8.64. The number of rotatable bonds is 10. The molecule has 0 radical (unpaired) electrons. The van der Waals surface area contributed by atoms with E-state index in [2.05, 4.69) is 58.2 Å². The summed E-state index contributed by atoms with van der Waals surface area (Å²) in [4.78, 5) is 9.85. The Morgan fingerprint density at radius 2 is 0.879 bits per heavy atom. The van der Waals surface area contributed by atoms with Gasteiger partial charge in [0.25, 0.3) is 0 Å². The Morgan fingerprint density at radius 3 is 1.27 bits per heavy atom. The summed E-state index contributed by atoms with van der Waals surface area (Å²) in [6, 6.07) is 9.89. The molecule has 0 N–H and O–H groups in total. The van der Waals surface area contributed by atoms with Gasteiger partial charge in [-0.25, -0.2) is 0 Å². The van der Waals surface area contributed by atoms with Gasteiger partial charge in [0.15, 0.2) is 0 Å². The SMILES string of the molecule is c1cn(CCCCCCCn2ccc(=NC3CCCCC3)cc2)ccc1=NC1CCCCC1. The van der Waals surface area contributed by atoms with Gasteiger partial charge in [0.1, 0.15) is 0 Å². The molecule has 0 aliphatic heterocycles. The minimum atomic E-state index is 0.558. The molecule has 2 fully saturated rings. The van der Waals surface area contributed by atoms with E-state index in [4.69, 9.17) is 9.98 Å². The first-order chi connectivity index (χ1) is 16.3. The molecule has 0 aromatic carbocycles. The second-order valence-electron chi connectivity index (χ2n) is 10.2. The van der Waals surface area contributed by atoms with E-state index in [1.54, 1.807) is 0 Å². The van der Waals surface area contributed by atoms with E-state index in [9.17, 15) is 0 Å². The van der Waals surface area contributed by atoms with Gasteiger partial charge in [-0.05, 0) is 62.8 Å². The van der Waals surface area contributed by atoms with Gasteiger partial charge in [0.05, 0.1) is 22.8 Å². The Balaban J connectivity index is 1.08. The molecule has 0 atom stereocenters. The molecule has 0 spiro atoms. The first-order valence-electron chi connectivity index (χ1n) is 13.7. The summed E-state index contributed by atoms with van der Waals surface area (Å²) >= 11 is 0. The van der Waals surface area contributed by atoms with Crippen molar-refractivity contribution in [2.75, 3.05) is 0 Å². The van der Waals surface area contributed by atoms with Crippen LogP contribution in [0.25, 0.3) is 0 Å². The van der Waals surface area contributed by atoms with Gasteiger partial charge < -0.3 is 9.13 Å². The van der Waals surface area contributed by atoms with Crippen molar-refractivity contribution in [3.63, 3.8) is 0 Å². The van der Waals surface area contributed by atoms with Crippen LogP contribution in [0.4, 0.5) is 0 Å². The standard InChI is InChI=1S/C29H44N4/c1(2-10-20-32-22-16-28(17-23-32)30-26-12-6-4-7-13-26)3-11-21-33-24-18-29(19-25-33)31-27-14-8-5-9-15-27/h16-19,22-27H,1-15,20-21H2. The molecule has 0 saturated heterocycles. The predicted molar refractivity (Wildman–Crippen MR) is 137 cm³/mol. The average Bonchev–Trinajstić information content (AvgIpc) is 2.87. The molecule has 0 bridgehead atoms. The zero-order chi connectivity index (χ0) is 22.6. The minimum absolute atomic E-state index is 0.558. The number of hydrogen-bond donors (Lipinski definition) is 0. The van der Waals surface area contributed by atoms with E-state index >= 15 is 0 Å². The number of unbranched alkanes of at least 4 members (excludes halogenated alkanes) is 4. The Bertz CT molecular complexity index is 824. The van der Waals surface area contributed by atoms with Crippen molar-refractivity contribution in [2.24, 2.45) is 9.98 Å². The molecular formula is C29H44N4. The van der Waals surface area contributed by atoms with E-state index < -0.39 is 0 Å². The lowest BCUT2D eigenvalue weighted by atomic mass is 9.96. The van der Waals surface area contributed by atoms with Crippen LogP contribution in [0, 0.1) is 0 Å². The third-order valence-corrected chi connectivity index (χ3v) is 7.39. The van der Waals surface area contributed by atoms with E-state index in [0.29, 0.717) is 12.1 Å². The lowest BCUT2D eigenvalue weighted by Gasteiger charge is -2.17. The van der Waals surface area contributed by atoms with Crippen LogP contribution in [0.3, 0.4) is 0 Å². The summed E-state index contributed by atoms with van der Waals surface area (Å²) in [5.41, 5.74) is 0. The Labute approximate surface area is 200 Å². The minimum Gasteiger partial charge on any atom is -0.354 e. The lowest BCUT2D eigenvalue weighted by molar-refractivity contribution is 0.437. The number of aromatic nitrogens is 2. The van der Waals surface area contributed by atoms with Crippen molar-refractivity contribution in [1.29, 1.82) is 0 Å². The number of nitrogens with zero attached hydrogens (tertiary/aromatic N) is 4. The predicted octanol–water partition coefficient (Wildman–Crippen LogP) is 6.41. The fourth-order valence-corrected chi connectivity index (χ4v) is 5.33. The molecular weight excluding hydrogens is 404 g/mol. The highest BCUT2D eigenvalue weighted by atomic mass is 14.9. The van der Waals surface area contributed by atoms with Crippen LogP contribution in [0.2, 0.25) is 0 Å². The van der Waals surface area contributed by atoms with Crippen molar-refractivity contribution in [3.05, 3.63) is 59.8 Å². The van der Waals surface area contributed by atoms with Gasteiger partial charge in [-0.15, -0.1) is 0 Å². The highest BCUT2D eigenvalue weighted by Gasteiger charge is 2.11. The Kier molecular flexibility index (Phi) is 9.88. The monoisotopic (exact) mass is 448 g/mol. The zero-order valence-corrected chi connectivity index (χ0v) is 20.6. The molecule has 2 saturated carbocycles. The van der Waals surface area contributed by atoms with Gasteiger partial charge in [-0.1, -0.05) is 57.8 Å². The summed E-state index contributed by atoms with van der Waals surface area (Å²) in [7, 11) is 0. The molecule has 4 heteroatoms. The number of hydrogen-bond acceptors (Lipinski definition) is 2. The molecule has 33 heavy (non-hydrogen) atoms. The van der Waals surface area contributed by atoms with Crippen LogP contribution in [0.15, 0.2) is 59.0 Å². The van der Waals surface area contributed by atoms with Crippen molar-refractivity contribution in [2.45, 2.75) is 121 Å². The first-order valence-corrected chi connectivity index (χ1v) is 13.7. The van der Waals surface area contributed by atoms with Crippen LogP contribution >= 0.6 is 0 Å². The fraction of sp³-hybridized carbons (Fsp3) is 0.655. The van der Waals surface area contributed by atoms with Crippen LogP contribution in [-0.2, 0) is 13.1 Å². The maximum absolute atomic E-state index is 4.92. The quantitative estimate of drug-likeness (QED) is 0.377. The van der Waals surface area contributed by atoms with Gasteiger partial charge >= 0.3 is 0 Å². The molecule has 4 nitrogen and oxygen atoms in total. The van der Waals surface area contributed by atoms with Crippen LogP contribution < -0.4 is 10.7 Å². The van der Waals surface area contributed by atoms with E-state index in [1.165, 1.54) is 96.3 Å². The molecule has 2 aromatic heterocycles. The van der Waals surface area contributed by atoms with Crippen molar-refractivity contribution in [1.82, 2.24) is 9.13 Å². The Morgan fingerprint density at radius 1 is 0.515 bits per heavy atom. The Hall–Kier alpha value is -2.10.